The number of nitrogens with one attached hydrogen (secondary N) is 1. The van der Waals surface area contributed by atoms with E-state index in [0.717, 1.165) is 28.8 Å². The fraction of sp³-hybridized carbons (Fsp3) is 0.174. The van der Waals surface area contributed by atoms with Crippen molar-refractivity contribution in [3.05, 3.63) is 84.0 Å². The van der Waals surface area contributed by atoms with E-state index in [-0.39, 0.29) is 5.91 Å². The van der Waals surface area contributed by atoms with Crippen molar-refractivity contribution < 1.29 is 14.3 Å². The van der Waals surface area contributed by atoms with Crippen LogP contribution in [-0.4, -0.2) is 34.9 Å². The number of benzene rings is 2. The number of aryl methyl sites for hydroxylation is 1. The highest BCUT2D eigenvalue weighted by Gasteiger charge is 2.11. The minimum atomic E-state index is -0.573. The van der Waals surface area contributed by atoms with Gasteiger partial charge in [-0.1, -0.05) is 36.4 Å². The lowest BCUT2D eigenvalue weighted by atomic mass is 10.1. The molecule has 0 fully saturated rings. The number of nitrogens with zero attached hydrogens (tertiary/aromatic N) is 2. The third-order valence-corrected chi connectivity index (χ3v) is 4.41. The fourth-order valence-electron chi connectivity index (χ4n) is 2.97. The summed E-state index contributed by atoms with van der Waals surface area (Å²) < 4.78 is 7.36. The van der Waals surface area contributed by atoms with Crippen molar-refractivity contribution in [2.45, 2.75) is 19.4 Å². The molecule has 0 saturated carbocycles. The van der Waals surface area contributed by atoms with Gasteiger partial charge in [0.2, 0.25) is 5.91 Å². The first kappa shape index (κ1) is 20.1. The van der Waals surface area contributed by atoms with E-state index in [4.69, 9.17) is 4.74 Å². The van der Waals surface area contributed by atoms with Gasteiger partial charge in [-0.05, 0) is 42.7 Å². The average Bonchev–Trinajstić information content (AvgIpc) is 3.18. The van der Waals surface area contributed by atoms with E-state index in [9.17, 15) is 9.59 Å². The molecule has 1 atom stereocenters. The normalized spacial score (nSPS) is 11.9. The molecular weight excluding hydrogens is 366 g/mol. The van der Waals surface area contributed by atoms with Gasteiger partial charge in [-0.25, -0.2) is 4.98 Å². The first-order valence-corrected chi connectivity index (χ1v) is 9.26. The molecule has 0 saturated heterocycles. The maximum Gasteiger partial charge on any atom is 0.244 e. The van der Waals surface area contributed by atoms with E-state index >= 15 is 0 Å². The number of methoxy groups -OCH3 is 1. The molecule has 6 heteroatoms. The van der Waals surface area contributed by atoms with E-state index in [2.05, 4.69) is 10.3 Å². The van der Waals surface area contributed by atoms with Crippen LogP contribution in [0, 0.1) is 6.92 Å². The summed E-state index contributed by atoms with van der Waals surface area (Å²) in [4.78, 5) is 27.8. The zero-order valence-electron chi connectivity index (χ0n) is 16.4. The number of carbonyl (C=O) groups excluding carboxylic acids is 2. The summed E-state index contributed by atoms with van der Waals surface area (Å²) in [7, 11) is 1.60. The van der Waals surface area contributed by atoms with Crippen LogP contribution in [0.1, 0.15) is 16.8 Å². The van der Waals surface area contributed by atoms with Crippen molar-refractivity contribution in [2.24, 2.45) is 0 Å². The van der Waals surface area contributed by atoms with Crippen molar-refractivity contribution in [3.63, 3.8) is 0 Å². The van der Waals surface area contributed by atoms with Gasteiger partial charge in [0, 0.05) is 12.3 Å². The lowest BCUT2D eigenvalue weighted by molar-refractivity contribution is -0.120. The Hall–Kier alpha value is -3.67. The Kier molecular flexibility index (Phi) is 6.58. The zero-order valence-corrected chi connectivity index (χ0v) is 16.4. The summed E-state index contributed by atoms with van der Waals surface area (Å²) in [5.74, 6) is 0.339. The standard InChI is InChI=1S/C23H23N3O3/c1-17-14-26(16-24-17)21-10-8-19(13-22(21)29-2)9-11-23(28)25-20(15-27)12-18-6-4-3-5-7-18/h3-11,13-16,20H,12H2,1-2H3,(H,25,28). The molecule has 0 spiro atoms. The highest BCUT2D eigenvalue weighted by molar-refractivity contribution is 5.93. The number of hydrogen-bond donors (Lipinski definition) is 1. The molecule has 1 amide bonds. The number of ether oxygens (including phenoxy) is 1. The van der Waals surface area contributed by atoms with E-state index in [0.29, 0.717) is 12.2 Å². The Morgan fingerprint density at radius 2 is 2.03 bits per heavy atom. The second-order valence-corrected chi connectivity index (χ2v) is 6.63. The van der Waals surface area contributed by atoms with Crippen LogP contribution in [0.3, 0.4) is 0 Å². The van der Waals surface area contributed by atoms with Gasteiger partial charge < -0.3 is 19.4 Å². The molecule has 1 aromatic heterocycles. The lowest BCUT2D eigenvalue weighted by Crippen LogP contribution is -2.36. The Morgan fingerprint density at radius 1 is 1.24 bits per heavy atom. The number of hydrogen-bond acceptors (Lipinski definition) is 4. The first-order chi connectivity index (χ1) is 14.1. The summed E-state index contributed by atoms with van der Waals surface area (Å²) in [5.41, 5.74) is 3.57. The molecule has 0 aliphatic rings. The van der Waals surface area contributed by atoms with Gasteiger partial charge in [0.1, 0.15) is 12.0 Å². The van der Waals surface area contributed by atoms with Gasteiger partial charge in [0.25, 0.3) is 0 Å². The minimum absolute atomic E-state index is 0.327. The van der Waals surface area contributed by atoms with Crippen LogP contribution < -0.4 is 10.1 Å². The third kappa shape index (κ3) is 5.42. The number of amides is 1. The predicted molar refractivity (Wildman–Crippen MR) is 112 cm³/mol. The number of aldehydes is 1. The van der Waals surface area contributed by atoms with Crippen LogP contribution in [0.5, 0.6) is 5.75 Å². The maximum atomic E-state index is 12.2. The van der Waals surface area contributed by atoms with Gasteiger partial charge in [-0.15, -0.1) is 0 Å². The van der Waals surface area contributed by atoms with Crippen LogP contribution in [0.4, 0.5) is 0 Å². The number of aromatic nitrogens is 2. The second kappa shape index (κ2) is 9.50. The molecule has 6 nitrogen and oxygen atoms in total. The quantitative estimate of drug-likeness (QED) is 0.475. The van der Waals surface area contributed by atoms with Crippen molar-refractivity contribution in [2.75, 3.05) is 7.11 Å². The molecule has 3 aromatic rings. The molecule has 0 aliphatic carbocycles. The summed E-state index contributed by atoms with van der Waals surface area (Å²) in [6.07, 6.45) is 7.94. The Labute approximate surface area is 169 Å². The van der Waals surface area contributed by atoms with Crippen LogP contribution in [0.2, 0.25) is 0 Å². The number of rotatable bonds is 8. The molecule has 148 valence electrons. The number of imidazole rings is 1. The maximum absolute atomic E-state index is 12.2. The van der Waals surface area contributed by atoms with Gasteiger partial charge >= 0.3 is 0 Å². The van der Waals surface area contributed by atoms with Crippen molar-refractivity contribution >= 4 is 18.3 Å². The molecule has 1 unspecified atom stereocenters. The van der Waals surface area contributed by atoms with Gasteiger partial charge in [-0.2, -0.15) is 0 Å². The monoisotopic (exact) mass is 389 g/mol. The Morgan fingerprint density at radius 3 is 2.69 bits per heavy atom. The van der Waals surface area contributed by atoms with Crippen LogP contribution in [0.25, 0.3) is 11.8 Å². The van der Waals surface area contributed by atoms with Crippen LogP contribution in [0.15, 0.2) is 67.1 Å². The SMILES string of the molecule is COc1cc(C=CC(=O)NC(C=O)Cc2ccccc2)ccc1-n1cnc(C)c1. The smallest absolute Gasteiger partial charge is 0.244 e. The van der Waals surface area contributed by atoms with Crippen LogP contribution >= 0.6 is 0 Å². The highest BCUT2D eigenvalue weighted by atomic mass is 16.5. The lowest BCUT2D eigenvalue weighted by Gasteiger charge is -2.11. The van der Waals surface area contributed by atoms with E-state index in [1.807, 2.05) is 66.2 Å². The summed E-state index contributed by atoms with van der Waals surface area (Å²) in [5, 5.41) is 2.72. The fourth-order valence-corrected chi connectivity index (χ4v) is 2.97. The van der Waals surface area contributed by atoms with E-state index in [1.54, 1.807) is 19.5 Å². The van der Waals surface area contributed by atoms with Crippen molar-refractivity contribution in [3.8, 4) is 11.4 Å². The minimum Gasteiger partial charge on any atom is -0.495 e. The average molecular weight is 389 g/mol. The van der Waals surface area contributed by atoms with E-state index in [1.165, 1.54) is 6.08 Å². The molecule has 29 heavy (non-hydrogen) atoms. The largest absolute Gasteiger partial charge is 0.495 e. The molecule has 1 heterocycles. The van der Waals surface area contributed by atoms with Crippen LogP contribution in [-0.2, 0) is 16.0 Å². The molecule has 1 N–H and O–H groups in total. The van der Waals surface area contributed by atoms with Gasteiger partial charge in [0.05, 0.1) is 30.9 Å². The van der Waals surface area contributed by atoms with E-state index < -0.39 is 6.04 Å². The van der Waals surface area contributed by atoms with Crippen molar-refractivity contribution in [1.82, 2.24) is 14.9 Å². The molecule has 3 rings (SSSR count). The number of carbonyl (C=O) groups is 2. The van der Waals surface area contributed by atoms with Crippen molar-refractivity contribution in [1.29, 1.82) is 0 Å². The third-order valence-electron chi connectivity index (χ3n) is 4.41. The summed E-state index contributed by atoms with van der Waals surface area (Å²) in [6.45, 7) is 1.92. The van der Waals surface area contributed by atoms with Gasteiger partial charge in [-0.3, -0.25) is 4.79 Å². The summed E-state index contributed by atoms with van der Waals surface area (Å²) in [6, 6.07) is 14.6. The molecular formula is C23H23N3O3. The topological polar surface area (TPSA) is 73.2 Å². The molecule has 2 aromatic carbocycles. The zero-order chi connectivity index (χ0) is 20.6. The highest BCUT2D eigenvalue weighted by Crippen LogP contribution is 2.25. The molecule has 0 bridgehead atoms. The summed E-state index contributed by atoms with van der Waals surface area (Å²) >= 11 is 0. The first-order valence-electron chi connectivity index (χ1n) is 9.26. The predicted octanol–water partition coefficient (Wildman–Crippen LogP) is 3.13. The molecule has 0 radical (unpaired) electrons. The Bertz CT molecular complexity index is 1010. The Balaban J connectivity index is 1.67. The van der Waals surface area contributed by atoms with Gasteiger partial charge in [0.15, 0.2) is 0 Å². The molecule has 0 aliphatic heterocycles. The second-order valence-electron chi connectivity index (χ2n) is 6.63.